The van der Waals surface area contributed by atoms with Crippen LogP contribution in [0.4, 0.5) is 5.69 Å². The normalized spacial score (nSPS) is 19.1. The smallest absolute Gasteiger partial charge is 0.399 e. The summed E-state index contributed by atoms with van der Waals surface area (Å²) in [7, 11) is -0.627. The number of carbonyl (C=O) groups excluding carboxylic acids is 1. The van der Waals surface area contributed by atoms with Gasteiger partial charge in [0, 0.05) is 18.1 Å². The van der Waals surface area contributed by atoms with Gasteiger partial charge in [-0.25, -0.2) is 0 Å². The fourth-order valence-electron chi connectivity index (χ4n) is 2.11. The molecule has 1 aromatic rings. The Morgan fingerprint density at radius 2 is 1.81 bits per heavy atom. The number of carbonyl (C=O) groups is 1. The van der Waals surface area contributed by atoms with Gasteiger partial charge in [0.05, 0.1) is 22.8 Å². The van der Waals surface area contributed by atoms with Crippen LogP contribution in [0.3, 0.4) is 0 Å². The van der Waals surface area contributed by atoms with Crippen LogP contribution in [-0.2, 0) is 14.1 Å². The summed E-state index contributed by atoms with van der Waals surface area (Å²) >= 11 is 0. The molecule has 1 heterocycles. The summed E-state index contributed by atoms with van der Waals surface area (Å²) in [5.41, 5.74) is 0.763. The molecule has 1 aromatic carbocycles. The summed E-state index contributed by atoms with van der Waals surface area (Å²) in [6, 6.07) is 7.21. The van der Waals surface area contributed by atoms with Crippen molar-refractivity contribution in [2.45, 2.75) is 45.8 Å². The van der Waals surface area contributed by atoms with Gasteiger partial charge in [-0.15, -0.1) is 0 Å². The van der Waals surface area contributed by atoms with Crippen molar-refractivity contribution < 1.29 is 14.1 Å². The highest BCUT2D eigenvalue weighted by Crippen LogP contribution is 2.36. The number of benzene rings is 1. The molecule has 0 saturated carbocycles. The molecule has 0 radical (unpaired) electrons. The first-order valence-corrected chi connectivity index (χ1v) is 6.83. The molecule has 110 valence electrons. The summed E-state index contributed by atoms with van der Waals surface area (Å²) in [5.74, 6) is -0.167. The molecule has 1 amide bonds. The van der Waals surface area contributed by atoms with E-state index in [1.807, 2.05) is 27.7 Å². The average Bonchev–Trinajstić information content (AvgIpc) is 2.57. The summed E-state index contributed by atoms with van der Waals surface area (Å²) in [6.45, 7) is 9.26. The standard InChI is InChI=1S/C15H19BN2O3/c1-10(19)18-12-7-6-11(9-17)13(8-12)16-20-14(2,3)15(4,5)21-16/h6-8H,1-5H3,(H,18,19). The maximum Gasteiger partial charge on any atom is 0.496 e. The molecule has 2 rings (SSSR count). The van der Waals surface area contributed by atoms with Crippen LogP contribution in [0, 0.1) is 11.3 Å². The van der Waals surface area contributed by atoms with Crippen molar-refractivity contribution in [3.63, 3.8) is 0 Å². The predicted octanol–water partition coefficient (Wildman–Crippen LogP) is 1.82. The van der Waals surface area contributed by atoms with Crippen LogP contribution < -0.4 is 10.8 Å². The lowest BCUT2D eigenvalue weighted by Crippen LogP contribution is -2.41. The quantitative estimate of drug-likeness (QED) is 0.842. The molecule has 6 heteroatoms. The molecular weight excluding hydrogens is 267 g/mol. The lowest BCUT2D eigenvalue weighted by atomic mass is 9.76. The van der Waals surface area contributed by atoms with E-state index in [0.717, 1.165) is 0 Å². The van der Waals surface area contributed by atoms with Crippen LogP contribution >= 0.6 is 0 Å². The van der Waals surface area contributed by atoms with E-state index in [2.05, 4.69) is 11.4 Å². The van der Waals surface area contributed by atoms with Gasteiger partial charge in [0.2, 0.25) is 5.91 Å². The van der Waals surface area contributed by atoms with E-state index < -0.39 is 18.3 Å². The van der Waals surface area contributed by atoms with Gasteiger partial charge in [-0.1, -0.05) is 0 Å². The largest absolute Gasteiger partial charge is 0.496 e. The predicted molar refractivity (Wildman–Crippen MR) is 81.2 cm³/mol. The number of hydrogen-bond donors (Lipinski definition) is 1. The lowest BCUT2D eigenvalue weighted by Gasteiger charge is -2.32. The van der Waals surface area contributed by atoms with Crippen LogP contribution in [0.25, 0.3) is 0 Å². The van der Waals surface area contributed by atoms with E-state index in [1.54, 1.807) is 18.2 Å². The van der Waals surface area contributed by atoms with Gasteiger partial charge in [0.25, 0.3) is 0 Å². The van der Waals surface area contributed by atoms with Crippen molar-refractivity contribution in [1.82, 2.24) is 0 Å². The second-order valence-electron chi connectivity index (χ2n) is 6.18. The van der Waals surface area contributed by atoms with Crippen LogP contribution in [0.1, 0.15) is 40.2 Å². The van der Waals surface area contributed by atoms with Crippen molar-refractivity contribution >= 4 is 24.2 Å². The van der Waals surface area contributed by atoms with E-state index in [9.17, 15) is 10.1 Å². The minimum absolute atomic E-state index is 0.167. The Balaban J connectivity index is 2.39. The molecule has 1 N–H and O–H groups in total. The molecule has 5 nitrogen and oxygen atoms in total. The van der Waals surface area contributed by atoms with Crippen molar-refractivity contribution in [1.29, 1.82) is 5.26 Å². The second kappa shape index (κ2) is 5.17. The molecule has 1 aliphatic heterocycles. The minimum Gasteiger partial charge on any atom is -0.399 e. The Hall–Kier alpha value is -1.84. The zero-order valence-electron chi connectivity index (χ0n) is 13.0. The molecular formula is C15H19BN2O3. The van der Waals surface area contributed by atoms with Gasteiger partial charge in [-0.05, 0) is 45.9 Å². The first kappa shape index (κ1) is 15.6. The zero-order chi connectivity index (χ0) is 15.8. The molecule has 0 atom stereocenters. The SMILES string of the molecule is CC(=O)Nc1ccc(C#N)c(B2OC(C)(C)C(C)(C)O2)c1. The summed E-state index contributed by atoms with van der Waals surface area (Å²) < 4.78 is 11.9. The number of nitrogens with one attached hydrogen (secondary N) is 1. The summed E-state index contributed by atoms with van der Waals surface area (Å²) in [4.78, 5) is 11.2. The molecule has 0 aliphatic carbocycles. The monoisotopic (exact) mass is 286 g/mol. The number of hydrogen-bond acceptors (Lipinski definition) is 4. The molecule has 0 spiro atoms. The molecule has 0 bridgehead atoms. The Kier molecular flexibility index (Phi) is 3.83. The van der Waals surface area contributed by atoms with Crippen LogP contribution in [0.5, 0.6) is 0 Å². The maximum atomic E-state index is 11.2. The van der Waals surface area contributed by atoms with Gasteiger partial charge >= 0.3 is 7.12 Å². The molecule has 1 saturated heterocycles. The van der Waals surface area contributed by atoms with Crippen molar-refractivity contribution in [3.05, 3.63) is 23.8 Å². The first-order valence-electron chi connectivity index (χ1n) is 6.83. The Morgan fingerprint density at radius 1 is 1.24 bits per heavy atom. The van der Waals surface area contributed by atoms with Gasteiger partial charge < -0.3 is 14.6 Å². The van der Waals surface area contributed by atoms with E-state index in [1.165, 1.54) is 6.92 Å². The fraction of sp³-hybridized carbons (Fsp3) is 0.467. The van der Waals surface area contributed by atoms with Gasteiger partial charge in [0.15, 0.2) is 0 Å². The van der Waals surface area contributed by atoms with Crippen molar-refractivity contribution in [2.75, 3.05) is 5.32 Å². The molecule has 0 unspecified atom stereocenters. The van der Waals surface area contributed by atoms with E-state index in [0.29, 0.717) is 16.7 Å². The third-order valence-corrected chi connectivity index (χ3v) is 4.00. The molecule has 21 heavy (non-hydrogen) atoms. The van der Waals surface area contributed by atoms with Crippen molar-refractivity contribution in [2.24, 2.45) is 0 Å². The van der Waals surface area contributed by atoms with E-state index in [-0.39, 0.29) is 5.91 Å². The first-order chi connectivity index (χ1) is 9.66. The third-order valence-electron chi connectivity index (χ3n) is 4.00. The fourth-order valence-corrected chi connectivity index (χ4v) is 2.11. The highest BCUT2D eigenvalue weighted by molar-refractivity contribution is 6.63. The minimum atomic E-state index is -0.627. The number of nitriles is 1. The third kappa shape index (κ3) is 2.94. The average molecular weight is 286 g/mol. The maximum absolute atomic E-state index is 11.2. The Morgan fingerprint density at radius 3 is 2.29 bits per heavy atom. The van der Waals surface area contributed by atoms with Gasteiger partial charge in [-0.3, -0.25) is 4.79 Å². The summed E-state index contributed by atoms with van der Waals surface area (Å²) in [6.07, 6.45) is 0. The number of rotatable bonds is 2. The van der Waals surface area contributed by atoms with Gasteiger partial charge in [-0.2, -0.15) is 5.26 Å². The van der Waals surface area contributed by atoms with Crippen LogP contribution in [0.15, 0.2) is 18.2 Å². The Bertz CT molecular complexity index is 604. The number of nitrogens with zero attached hydrogens (tertiary/aromatic N) is 1. The lowest BCUT2D eigenvalue weighted by molar-refractivity contribution is -0.114. The van der Waals surface area contributed by atoms with Crippen molar-refractivity contribution in [3.8, 4) is 6.07 Å². The zero-order valence-corrected chi connectivity index (χ0v) is 13.0. The number of amides is 1. The van der Waals surface area contributed by atoms with E-state index >= 15 is 0 Å². The Labute approximate surface area is 125 Å². The highest BCUT2D eigenvalue weighted by Gasteiger charge is 2.52. The topological polar surface area (TPSA) is 71.4 Å². The summed E-state index contributed by atoms with van der Waals surface area (Å²) in [5, 5.41) is 12.0. The van der Waals surface area contributed by atoms with Gasteiger partial charge in [0.1, 0.15) is 0 Å². The number of anilines is 1. The highest BCUT2D eigenvalue weighted by atomic mass is 16.7. The molecule has 0 aromatic heterocycles. The molecule has 1 fully saturated rings. The molecule has 1 aliphatic rings. The van der Waals surface area contributed by atoms with E-state index in [4.69, 9.17) is 9.31 Å². The van der Waals surface area contributed by atoms with Crippen LogP contribution in [-0.4, -0.2) is 24.2 Å². The van der Waals surface area contributed by atoms with Crippen LogP contribution in [0.2, 0.25) is 0 Å². The second-order valence-corrected chi connectivity index (χ2v) is 6.18.